The Morgan fingerprint density at radius 1 is 1.18 bits per heavy atom. The lowest BCUT2D eigenvalue weighted by Gasteiger charge is -2.35. The van der Waals surface area contributed by atoms with Crippen LogP contribution in [0.25, 0.3) is 0 Å². The number of amides is 3. The lowest BCUT2D eigenvalue weighted by Crippen LogP contribution is -2.55. The number of carbonyl (C=O) groups excluding carboxylic acids is 4. The number of nitrogens with one attached hydrogen (secondary N) is 2. The molecule has 188 valence electrons. The number of alkyl carbamates (subject to hydrolysis) is 1. The summed E-state index contributed by atoms with van der Waals surface area (Å²) < 4.78 is 9.83. The summed E-state index contributed by atoms with van der Waals surface area (Å²) in [5.41, 5.74) is 1.47. The van der Waals surface area contributed by atoms with Gasteiger partial charge in [-0.15, -0.1) is 0 Å². The molecule has 3 N–H and O–H groups in total. The summed E-state index contributed by atoms with van der Waals surface area (Å²) in [6.07, 6.45) is 0.485. The number of aryl methyl sites for hydroxylation is 2. The van der Waals surface area contributed by atoms with Gasteiger partial charge in [0.2, 0.25) is 11.8 Å². The second kappa shape index (κ2) is 11.3. The average Bonchev–Trinajstić information content (AvgIpc) is 3.59. The summed E-state index contributed by atoms with van der Waals surface area (Å²) >= 11 is 0. The molecule has 1 fully saturated rings. The average molecular weight is 478 g/mol. The Kier molecular flexibility index (Phi) is 9.03. The zero-order chi connectivity index (χ0) is 25.6. The minimum Gasteiger partial charge on any atom is -0.468 e. The van der Waals surface area contributed by atoms with Gasteiger partial charge < -0.3 is 30.1 Å². The van der Waals surface area contributed by atoms with Crippen molar-refractivity contribution in [2.24, 2.45) is 0 Å². The first-order valence-corrected chi connectivity index (χ1v) is 11.2. The molecule has 1 aromatic carbocycles. The van der Waals surface area contributed by atoms with Crippen LogP contribution in [0.2, 0.25) is 0 Å². The fraction of sp³-hybridized carbons (Fsp3) is 0.583. The van der Waals surface area contributed by atoms with Crippen LogP contribution in [-0.2, 0) is 23.9 Å². The number of aliphatic hydroxyl groups is 1. The van der Waals surface area contributed by atoms with E-state index in [-0.39, 0.29) is 12.6 Å². The predicted octanol–water partition coefficient (Wildman–Crippen LogP) is 1.51. The Bertz CT molecular complexity index is 922. The maximum atomic E-state index is 13.6. The second-order valence-electron chi connectivity index (χ2n) is 9.41. The third-order valence-electron chi connectivity index (χ3n) is 5.26. The molecule has 3 amide bonds. The Hall–Kier alpha value is -3.14. The van der Waals surface area contributed by atoms with E-state index in [4.69, 9.17) is 4.74 Å². The van der Waals surface area contributed by atoms with Crippen molar-refractivity contribution < 1.29 is 33.8 Å². The third kappa shape index (κ3) is 7.44. The maximum absolute atomic E-state index is 13.6. The maximum Gasteiger partial charge on any atom is 0.408 e. The van der Waals surface area contributed by atoms with Crippen LogP contribution in [0, 0.1) is 13.8 Å². The highest BCUT2D eigenvalue weighted by molar-refractivity contribution is 5.93. The van der Waals surface area contributed by atoms with Gasteiger partial charge in [0.25, 0.3) is 0 Å². The first-order chi connectivity index (χ1) is 15.9. The summed E-state index contributed by atoms with van der Waals surface area (Å²) in [7, 11) is 1.21. The second-order valence-corrected chi connectivity index (χ2v) is 9.41. The molecule has 1 aliphatic carbocycles. The molecule has 0 heterocycles. The van der Waals surface area contributed by atoms with Gasteiger partial charge in [0.1, 0.15) is 24.2 Å². The number of methoxy groups -OCH3 is 1. The fourth-order valence-corrected chi connectivity index (χ4v) is 3.49. The van der Waals surface area contributed by atoms with Crippen molar-refractivity contribution >= 4 is 23.9 Å². The van der Waals surface area contributed by atoms with Gasteiger partial charge >= 0.3 is 12.1 Å². The molecule has 2 rings (SSSR count). The van der Waals surface area contributed by atoms with Crippen LogP contribution < -0.4 is 10.6 Å². The molecule has 2 atom stereocenters. The van der Waals surface area contributed by atoms with E-state index in [1.54, 1.807) is 20.8 Å². The summed E-state index contributed by atoms with van der Waals surface area (Å²) in [6, 6.07) is 2.93. The lowest BCUT2D eigenvalue weighted by atomic mass is 9.96. The van der Waals surface area contributed by atoms with Crippen molar-refractivity contribution in [1.29, 1.82) is 0 Å². The van der Waals surface area contributed by atoms with Crippen molar-refractivity contribution in [1.82, 2.24) is 15.5 Å². The molecule has 34 heavy (non-hydrogen) atoms. The molecule has 0 radical (unpaired) electrons. The van der Waals surface area contributed by atoms with Crippen molar-refractivity contribution in [3.05, 3.63) is 34.9 Å². The monoisotopic (exact) mass is 477 g/mol. The predicted molar refractivity (Wildman–Crippen MR) is 124 cm³/mol. The van der Waals surface area contributed by atoms with Crippen molar-refractivity contribution in [2.45, 2.75) is 71.2 Å². The van der Waals surface area contributed by atoms with Crippen molar-refractivity contribution in [2.75, 3.05) is 20.3 Å². The molecular formula is C24H35N3O7. The van der Waals surface area contributed by atoms with Crippen LogP contribution in [0.5, 0.6) is 0 Å². The standard InChI is InChI=1S/C24H35N3O7/c1-14-7-8-15(2)17(11-14)20(21(30)25-12-19(29)33-6)27(16-9-10-16)22(31)18(13-28)26-23(32)34-24(3,4)5/h7-8,11,16,18,20,28H,9-10,12-13H2,1-6H3,(H,25,30)(H,26,32). The van der Waals surface area contributed by atoms with Gasteiger partial charge in [-0.05, 0) is 58.6 Å². The molecule has 1 aromatic rings. The Morgan fingerprint density at radius 2 is 1.82 bits per heavy atom. The number of ether oxygens (including phenoxy) is 2. The van der Waals surface area contributed by atoms with E-state index in [0.29, 0.717) is 18.4 Å². The Balaban J connectivity index is 2.42. The summed E-state index contributed by atoms with van der Waals surface area (Å²) in [5, 5.41) is 14.9. The number of hydrogen-bond donors (Lipinski definition) is 3. The molecule has 0 aromatic heterocycles. The Morgan fingerprint density at radius 3 is 2.35 bits per heavy atom. The van der Waals surface area contributed by atoms with E-state index >= 15 is 0 Å². The highest BCUT2D eigenvalue weighted by Gasteiger charge is 2.44. The van der Waals surface area contributed by atoms with Gasteiger partial charge in [-0.1, -0.05) is 23.8 Å². The van der Waals surface area contributed by atoms with Gasteiger partial charge in [0, 0.05) is 6.04 Å². The topological polar surface area (TPSA) is 134 Å². The number of hydrogen-bond acceptors (Lipinski definition) is 7. The fourth-order valence-electron chi connectivity index (χ4n) is 3.49. The van der Waals surface area contributed by atoms with E-state index < -0.39 is 48.2 Å². The van der Waals surface area contributed by atoms with Gasteiger partial charge in [0.15, 0.2) is 0 Å². The number of carbonyl (C=O) groups is 4. The summed E-state index contributed by atoms with van der Waals surface area (Å²) in [6.45, 7) is 7.71. The lowest BCUT2D eigenvalue weighted by molar-refractivity contribution is -0.145. The number of benzene rings is 1. The van der Waals surface area contributed by atoms with Gasteiger partial charge in [-0.25, -0.2) is 4.79 Å². The normalized spacial score (nSPS) is 15.0. The molecule has 10 heteroatoms. The minimum absolute atomic E-state index is 0.254. The van der Waals surface area contributed by atoms with Crippen LogP contribution in [0.3, 0.4) is 0 Å². The third-order valence-corrected chi connectivity index (χ3v) is 5.26. The van der Waals surface area contributed by atoms with Crippen LogP contribution in [0.4, 0.5) is 4.79 Å². The smallest absolute Gasteiger partial charge is 0.408 e. The van der Waals surface area contributed by atoms with Gasteiger partial charge in [-0.3, -0.25) is 14.4 Å². The van der Waals surface area contributed by atoms with Gasteiger partial charge in [-0.2, -0.15) is 0 Å². The van der Waals surface area contributed by atoms with Crippen LogP contribution in [-0.4, -0.2) is 71.8 Å². The molecule has 1 aliphatic rings. The number of nitrogens with zero attached hydrogens (tertiary/aromatic N) is 1. The molecule has 0 saturated heterocycles. The molecule has 0 bridgehead atoms. The SMILES string of the molecule is COC(=O)CNC(=O)C(c1cc(C)ccc1C)N(C(=O)C(CO)NC(=O)OC(C)(C)C)C1CC1. The van der Waals surface area contributed by atoms with E-state index in [0.717, 1.165) is 11.1 Å². The van der Waals surface area contributed by atoms with Crippen molar-refractivity contribution in [3.8, 4) is 0 Å². The summed E-state index contributed by atoms with van der Waals surface area (Å²) in [4.78, 5) is 52.2. The highest BCUT2D eigenvalue weighted by atomic mass is 16.6. The van der Waals surface area contributed by atoms with E-state index in [2.05, 4.69) is 15.4 Å². The van der Waals surface area contributed by atoms with Crippen LogP contribution in [0.1, 0.15) is 56.3 Å². The summed E-state index contributed by atoms with van der Waals surface area (Å²) in [5.74, 6) is -1.81. The molecule has 0 spiro atoms. The molecule has 2 unspecified atom stereocenters. The van der Waals surface area contributed by atoms with Crippen LogP contribution >= 0.6 is 0 Å². The number of esters is 1. The quantitative estimate of drug-likeness (QED) is 0.459. The van der Waals surface area contributed by atoms with Gasteiger partial charge in [0.05, 0.1) is 13.7 Å². The Labute approximate surface area is 200 Å². The minimum atomic E-state index is -1.31. The molecular weight excluding hydrogens is 442 g/mol. The zero-order valence-electron chi connectivity index (χ0n) is 20.6. The van der Waals surface area contributed by atoms with Crippen molar-refractivity contribution in [3.63, 3.8) is 0 Å². The van der Waals surface area contributed by atoms with Crippen LogP contribution in [0.15, 0.2) is 18.2 Å². The first-order valence-electron chi connectivity index (χ1n) is 11.2. The molecule has 1 saturated carbocycles. The largest absolute Gasteiger partial charge is 0.468 e. The first kappa shape index (κ1) is 27.1. The molecule has 0 aliphatic heterocycles. The van der Waals surface area contributed by atoms with E-state index in [1.807, 2.05) is 32.0 Å². The number of rotatable bonds is 9. The van der Waals surface area contributed by atoms with E-state index in [9.17, 15) is 24.3 Å². The highest BCUT2D eigenvalue weighted by Crippen LogP contribution is 2.36. The zero-order valence-corrected chi connectivity index (χ0v) is 20.6. The number of aliphatic hydroxyl groups excluding tert-OH is 1. The molecule has 10 nitrogen and oxygen atoms in total. The van der Waals surface area contributed by atoms with E-state index in [1.165, 1.54) is 12.0 Å².